The Kier molecular flexibility index (Phi) is 43.9. The summed E-state index contributed by atoms with van der Waals surface area (Å²) in [5.41, 5.74) is 0. The van der Waals surface area contributed by atoms with E-state index < -0.39 is 0 Å². The van der Waals surface area contributed by atoms with Crippen LogP contribution in [0.15, 0.2) is 0 Å². The lowest BCUT2D eigenvalue weighted by Crippen LogP contribution is -1.85. The second-order valence-electron chi connectivity index (χ2n) is 15.3. The summed E-state index contributed by atoms with van der Waals surface area (Å²) in [6.07, 6.45) is 63.0. The molecule has 3 fully saturated rings. The van der Waals surface area contributed by atoms with Crippen LogP contribution in [0.1, 0.15) is 270 Å². The summed E-state index contributed by atoms with van der Waals surface area (Å²) in [5.74, 6) is 0. The molecule has 1 nitrogen and oxygen atoms in total. The van der Waals surface area contributed by atoms with Crippen molar-refractivity contribution in [3.63, 3.8) is 0 Å². The molecule has 3 saturated carbocycles. The zero-order valence-corrected chi connectivity index (χ0v) is 32.1. The molecule has 0 aromatic carbocycles. The van der Waals surface area contributed by atoms with Crippen LogP contribution in [0, 0.1) is 0 Å². The molecule has 272 valence electrons. The molecule has 0 bridgehead atoms. The third-order valence-corrected chi connectivity index (χ3v) is 10.5. The Bertz CT molecular complexity index is 247. The summed E-state index contributed by atoms with van der Waals surface area (Å²) in [6, 6.07) is 0. The smallest absolute Gasteiger partial charge is 0.0351 e. The SMILES string of the molecule is C1CCCCCCCCCCCCC1.C1CCCCCCCCCCCCC1.C1CCCCCCCCCCCCC1.COC. The highest BCUT2D eigenvalue weighted by atomic mass is 16.4. The molecule has 3 aliphatic carbocycles. The first kappa shape index (κ1) is 45.0. The first-order chi connectivity index (χ1) is 22.4. The van der Waals surface area contributed by atoms with E-state index in [0.717, 1.165) is 0 Å². The average molecular weight is 635 g/mol. The number of methoxy groups -OCH3 is 1. The van der Waals surface area contributed by atoms with Crippen LogP contribution < -0.4 is 0 Å². The summed E-state index contributed by atoms with van der Waals surface area (Å²) in [6.45, 7) is 0. The molecule has 45 heavy (non-hydrogen) atoms. The van der Waals surface area contributed by atoms with E-state index in [9.17, 15) is 0 Å². The van der Waals surface area contributed by atoms with E-state index in [1.165, 1.54) is 270 Å². The van der Waals surface area contributed by atoms with Crippen LogP contribution >= 0.6 is 0 Å². The predicted molar refractivity (Wildman–Crippen MR) is 207 cm³/mol. The molecule has 0 unspecified atom stereocenters. The van der Waals surface area contributed by atoms with Crippen molar-refractivity contribution < 1.29 is 4.74 Å². The van der Waals surface area contributed by atoms with Crippen molar-refractivity contribution in [3.8, 4) is 0 Å². The Morgan fingerprint density at radius 1 is 0.133 bits per heavy atom. The summed E-state index contributed by atoms with van der Waals surface area (Å²) in [7, 11) is 3.25. The first-order valence-corrected chi connectivity index (χ1v) is 21.8. The molecule has 0 heterocycles. The van der Waals surface area contributed by atoms with Crippen molar-refractivity contribution in [2.45, 2.75) is 270 Å². The predicted octanol–water partition coefficient (Wildman–Crippen LogP) is 16.6. The lowest BCUT2D eigenvalue weighted by Gasteiger charge is -2.05. The lowest BCUT2D eigenvalue weighted by atomic mass is 10.0. The molecule has 0 aromatic heterocycles. The number of rotatable bonds is 0. The van der Waals surface area contributed by atoms with Gasteiger partial charge in [-0.1, -0.05) is 270 Å². The maximum Gasteiger partial charge on any atom is 0.0351 e. The number of hydrogen-bond donors (Lipinski definition) is 0. The van der Waals surface area contributed by atoms with Crippen LogP contribution in [0.3, 0.4) is 0 Å². The monoisotopic (exact) mass is 635 g/mol. The first-order valence-electron chi connectivity index (χ1n) is 21.8. The van der Waals surface area contributed by atoms with E-state index in [2.05, 4.69) is 4.74 Å². The Morgan fingerprint density at radius 2 is 0.156 bits per heavy atom. The van der Waals surface area contributed by atoms with Gasteiger partial charge in [0.25, 0.3) is 0 Å². The molecule has 1 heteroatoms. The van der Waals surface area contributed by atoms with Crippen molar-refractivity contribution in [1.82, 2.24) is 0 Å². The van der Waals surface area contributed by atoms with Gasteiger partial charge in [0.05, 0.1) is 0 Å². The quantitative estimate of drug-likeness (QED) is 0.258. The molecule has 0 N–H and O–H groups in total. The Hall–Kier alpha value is -0.0400. The van der Waals surface area contributed by atoms with Gasteiger partial charge in [0, 0.05) is 14.2 Å². The summed E-state index contributed by atoms with van der Waals surface area (Å²) in [4.78, 5) is 0. The fourth-order valence-corrected chi connectivity index (χ4v) is 7.42. The highest BCUT2D eigenvalue weighted by molar-refractivity contribution is 4.54. The molecule has 0 atom stereocenters. The van der Waals surface area contributed by atoms with Crippen LogP contribution in [-0.2, 0) is 4.74 Å². The minimum atomic E-state index is 1.50. The van der Waals surface area contributed by atoms with Crippen molar-refractivity contribution in [2.24, 2.45) is 0 Å². The summed E-state index contributed by atoms with van der Waals surface area (Å²) < 4.78 is 4.25. The molecule has 0 aliphatic heterocycles. The van der Waals surface area contributed by atoms with Gasteiger partial charge in [-0.2, -0.15) is 0 Å². The van der Waals surface area contributed by atoms with Gasteiger partial charge in [0.2, 0.25) is 0 Å². The lowest BCUT2D eigenvalue weighted by molar-refractivity contribution is 0.277. The summed E-state index contributed by atoms with van der Waals surface area (Å²) in [5, 5.41) is 0. The van der Waals surface area contributed by atoms with Gasteiger partial charge in [-0.3, -0.25) is 0 Å². The van der Waals surface area contributed by atoms with Crippen LogP contribution in [0.2, 0.25) is 0 Å². The summed E-state index contributed by atoms with van der Waals surface area (Å²) >= 11 is 0. The standard InChI is InChI=1S/3C14H28.C2H6O/c3*1-2-4-6-8-10-12-14-13-11-9-7-5-3-1;1-3-2/h3*1-14H2;1-2H3. The van der Waals surface area contributed by atoms with Gasteiger partial charge in [-0.15, -0.1) is 0 Å². The second kappa shape index (κ2) is 44.0. The molecule has 0 spiro atoms. The van der Waals surface area contributed by atoms with E-state index in [4.69, 9.17) is 0 Å². The van der Waals surface area contributed by atoms with Gasteiger partial charge in [0.1, 0.15) is 0 Å². The Morgan fingerprint density at radius 3 is 0.178 bits per heavy atom. The molecule has 3 aliphatic rings. The molecular weight excluding hydrogens is 544 g/mol. The fraction of sp³-hybridized carbons (Fsp3) is 1.00. The zero-order valence-electron chi connectivity index (χ0n) is 32.1. The van der Waals surface area contributed by atoms with Gasteiger partial charge in [-0.25, -0.2) is 0 Å². The van der Waals surface area contributed by atoms with E-state index in [1.54, 1.807) is 14.2 Å². The largest absolute Gasteiger partial charge is 0.388 e. The zero-order chi connectivity index (χ0) is 32.4. The maximum absolute atomic E-state index is 4.25. The van der Waals surface area contributed by atoms with E-state index in [1.807, 2.05) is 0 Å². The normalized spacial score (nSPS) is 22.8. The van der Waals surface area contributed by atoms with Gasteiger partial charge >= 0.3 is 0 Å². The van der Waals surface area contributed by atoms with E-state index in [0.29, 0.717) is 0 Å². The van der Waals surface area contributed by atoms with Crippen LogP contribution in [-0.4, -0.2) is 14.2 Å². The van der Waals surface area contributed by atoms with Gasteiger partial charge in [-0.05, 0) is 0 Å². The minimum absolute atomic E-state index is 1.50. The van der Waals surface area contributed by atoms with Crippen LogP contribution in [0.5, 0.6) is 0 Å². The highest BCUT2D eigenvalue weighted by Crippen LogP contribution is 2.18. The molecule has 3 rings (SSSR count). The molecule has 0 aromatic rings. The van der Waals surface area contributed by atoms with Gasteiger partial charge < -0.3 is 4.74 Å². The van der Waals surface area contributed by atoms with Crippen molar-refractivity contribution in [3.05, 3.63) is 0 Å². The number of ether oxygens (including phenoxy) is 1. The topological polar surface area (TPSA) is 9.23 Å². The van der Waals surface area contributed by atoms with Crippen molar-refractivity contribution >= 4 is 0 Å². The van der Waals surface area contributed by atoms with Crippen molar-refractivity contribution in [2.75, 3.05) is 14.2 Å². The van der Waals surface area contributed by atoms with E-state index >= 15 is 0 Å². The highest BCUT2D eigenvalue weighted by Gasteiger charge is 1.99. The van der Waals surface area contributed by atoms with Gasteiger partial charge in [0.15, 0.2) is 0 Å². The Labute approximate surface area is 288 Å². The minimum Gasteiger partial charge on any atom is -0.388 e. The maximum atomic E-state index is 4.25. The third kappa shape index (κ3) is 44.0. The second-order valence-corrected chi connectivity index (χ2v) is 15.3. The van der Waals surface area contributed by atoms with Crippen LogP contribution in [0.4, 0.5) is 0 Å². The van der Waals surface area contributed by atoms with Crippen molar-refractivity contribution in [1.29, 1.82) is 0 Å². The molecule has 0 saturated heterocycles. The van der Waals surface area contributed by atoms with Crippen LogP contribution in [0.25, 0.3) is 0 Å². The fourth-order valence-electron chi connectivity index (χ4n) is 7.42. The average Bonchev–Trinajstić information content (AvgIpc) is 3.05. The third-order valence-electron chi connectivity index (χ3n) is 10.5. The Balaban J connectivity index is 0.000000617. The molecule has 0 radical (unpaired) electrons. The molecule has 0 amide bonds. The number of hydrogen-bond acceptors (Lipinski definition) is 1. The molecular formula is C44H90O. The van der Waals surface area contributed by atoms with E-state index in [-0.39, 0.29) is 0 Å².